The molecule has 0 atom stereocenters. The lowest BCUT2D eigenvalue weighted by Crippen LogP contribution is -2.15. The molecule has 2 heterocycles. The highest BCUT2D eigenvalue weighted by molar-refractivity contribution is 9.10. The maximum Gasteiger partial charge on any atom is 0.274 e. The van der Waals surface area contributed by atoms with E-state index in [0.29, 0.717) is 16.2 Å². The van der Waals surface area contributed by atoms with Crippen LogP contribution in [0.1, 0.15) is 34.8 Å². The number of anilines is 1. The van der Waals surface area contributed by atoms with Gasteiger partial charge in [-0.05, 0) is 64.5 Å². The van der Waals surface area contributed by atoms with Gasteiger partial charge in [0.2, 0.25) is 0 Å². The molecule has 5 nitrogen and oxygen atoms in total. The minimum Gasteiger partial charge on any atom is -0.320 e. The number of hydrogen-bond acceptors (Lipinski definition) is 3. The minimum atomic E-state index is -0.198. The summed E-state index contributed by atoms with van der Waals surface area (Å²) in [5.41, 5.74) is 3.53. The fraction of sp³-hybridized carbons (Fsp3) is 0.235. The Morgan fingerprint density at radius 2 is 2.17 bits per heavy atom. The van der Waals surface area contributed by atoms with Crippen molar-refractivity contribution in [2.24, 2.45) is 7.05 Å². The lowest BCUT2D eigenvalue weighted by molar-refractivity contribution is 0.102. The molecule has 2 aromatic heterocycles. The van der Waals surface area contributed by atoms with Crippen LogP contribution in [0, 0.1) is 0 Å². The van der Waals surface area contributed by atoms with Crippen molar-refractivity contribution in [2.45, 2.75) is 18.8 Å². The SMILES string of the molecule is Cn1ncc2cc(NC(=O)c3cccc(Br)n3)c(C3CC3)cc21. The Kier molecular flexibility index (Phi) is 3.41. The number of benzene rings is 1. The first-order valence-corrected chi connectivity index (χ1v) is 8.30. The maximum absolute atomic E-state index is 12.5. The quantitative estimate of drug-likeness (QED) is 0.712. The average Bonchev–Trinajstić information content (AvgIpc) is 3.32. The normalized spacial score (nSPS) is 14.2. The zero-order valence-electron chi connectivity index (χ0n) is 12.6. The van der Waals surface area contributed by atoms with Crippen molar-refractivity contribution in [2.75, 3.05) is 5.32 Å². The van der Waals surface area contributed by atoms with Gasteiger partial charge in [0, 0.05) is 18.1 Å². The Bertz CT molecular complexity index is 914. The van der Waals surface area contributed by atoms with Crippen LogP contribution in [0.4, 0.5) is 5.69 Å². The Morgan fingerprint density at radius 3 is 2.91 bits per heavy atom. The molecule has 1 amide bonds. The number of nitrogens with one attached hydrogen (secondary N) is 1. The van der Waals surface area contributed by atoms with E-state index in [2.05, 4.69) is 37.4 Å². The van der Waals surface area contributed by atoms with Crippen LogP contribution in [-0.4, -0.2) is 20.7 Å². The molecule has 116 valence electrons. The number of fused-ring (bicyclic) bond motifs is 1. The molecule has 0 radical (unpaired) electrons. The van der Waals surface area contributed by atoms with E-state index in [1.165, 1.54) is 18.4 Å². The van der Waals surface area contributed by atoms with Crippen LogP contribution in [0.15, 0.2) is 41.1 Å². The highest BCUT2D eigenvalue weighted by Crippen LogP contribution is 2.44. The van der Waals surface area contributed by atoms with Gasteiger partial charge in [-0.15, -0.1) is 0 Å². The van der Waals surface area contributed by atoms with Gasteiger partial charge in [0.25, 0.3) is 5.91 Å². The first kappa shape index (κ1) is 14.4. The summed E-state index contributed by atoms with van der Waals surface area (Å²) in [5.74, 6) is 0.330. The minimum absolute atomic E-state index is 0.198. The van der Waals surface area contributed by atoms with Crippen LogP contribution in [0.2, 0.25) is 0 Å². The number of hydrogen-bond donors (Lipinski definition) is 1. The lowest BCUT2D eigenvalue weighted by atomic mass is 10.1. The molecule has 0 bridgehead atoms. The fourth-order valence-corrected chi connectivity index (χ4v) is 3.12. The van der Waals surface area contributed by atoms with E-state index >= 15 is 0 Å². The molecule has 3 aromatic rings. The van der Waals surface area contributed by atoms with Gasteiger partial charge in [-0.3, -0.25) is 9.48 Å². The Balaban J connectivity index is 1.73. The molecule has 23 heavy (non-hydrogen) atoms. The maximum atomic E-state index is 12.5. The molecule has 0 saturated heterocycles. The van der Waals surface area contributed by atoms with E-state index in [-0.39, 0.29) is 5.91 Å². The van der Waals surface area contributed by atoms with Crippen LogP contribution in [0.3, 0.4) is 0 Å². The molecule has 1 aromatic carbocycles. The molecule has 0 aliphatic heterocycles. The largest absolute Gasteiger partial charge is 0.320 e. The van der Waals surface area contributed by atoms with E-state index in [1.807, 2.05) is 24.0 Å². The molecular formula is C17H15BrN4O. The van der Waals surface area contributed by atoms with Crippen molar-refractivity contribution in [3.8, 4) is 0 Å². The number of amides is 1. The third kappa shape index (κ3) is 2.74. The summed E-state index contributed by atoms with van der Waals surface area (Å²) in [4.78, 5) is 16.7. The van der Waals surface area contributed by atoms with Crippen molar-refractivity contribution >= 4 is 38.4 Å². The van der Waals surface area contributed by atoms with Gasteiger partial charge in [0.1, 0.15) is 10.3 Å². The predicted octanol–water partition coefficient (Wildman–Crippen LogP) is 3.86. The van der Waals surface area contributed by atoms with Gasteiger partial charge < -0.3 is 5.32 Å². The molecular weight excluding hydrogens is 356 g/mol. The van der Waals surface area contributed by atoms with Crippen molar-refractivity contribution < 1.29 is 4.79 Å². The van der Waals surface area contributed by atoms with Crippen molar-refractivity contribution in [3.63, 3.8) is 0 Å². The molecule has 1 fully saturated rings. The third-order valence-corrected chi connectivity index (χ3v) is 4.57. The Hall–Kier alpha value is -2.21. The lowest BCUT2D eigenvalue weighted by Gasteiger charge is -2.11. The van der Waals surface area contributed by atoms with Crippen molar-refractivity contribution in [3.05, 3.63) is 52.4 Å². The molecule has 1 saturated carbocycles. The smallest absolute Gasteiger partial charge is 0.274 e. The van der Waals surface area contributed by atoms with E-state index in [0.717, 1.165) is 16.6 Å². The number of pyridine rings is 1. The molecule has 0 unspecified atom stereocenters. The third-order valence-electron chi connectivity index (χ3n) is 4.13. The second-order valence-electron chi connectivity index (χ2n) is 5.84. The van der Waals surface area contributed by atoms with Crippen LogP contribution in [0.5, 0.6) is 0 Å². The number of carbonyl (C=O) groups excluding carboxylic acids is 1. The topological polar surface area (TPSA) is 59.8 Å². The molecule has 6 heteroatoms. The number of nitrogens with zero attached hydrogens (tertiary/aromatic N) is 3. The average molecular weight is 371 g/mol. The summed E-state index contributed by atoms with van der Waals surface area (Å²) in [6, 6.07) is 9.46. The number of aryl methyl sites for hydroxylation is 1. The van der Waals surface area contributed by atoms with E-state index in [1.54, 1.807) is 18.2 Å². The number of aromatic nitrogens is 3. The zero-order chi connectivity index (χ0) is 16.0. The summed E-state index contributed by atoms with van der Waals surface area (Å²) in [6.45, 7) is 0. The predicted molar refractivity (Wildman–Crippen MR) is 92.6 cm³/mol. The number of carbonyl (C=O) groups is 1. The zero-order valence-corrected chi connectivity index (χ0v) is 14.2. The number of rotatable bonds is 3. The van der Waals surface area contributed by atoms with Crippen LogP contribution >= 0.6 is 15.9 Å². The monoisotopic (exact) mass is 370 g/mol. The molecule has 1 aliphatic carbocycles. The molecule has 0 spiro atoms. The summed E-state index contributed by atoms with van der Waals surface area (Å²) in [6.07, 6.45) is 4.15. The standard InChI is InChI=1S/C17H15BrN4O/c1-22-15-8-12(10-5-6-10)14(7-11(15)9-19-22)21-17(23)13-3-2-4-16(18)20-13/h2-4,7-10H,5-6H2,1H3,(H,21,23). The first-order chi connectivity index (χ1) is 11.1. The highest BCUT2D eigenvalue weighted by Gasteiger charge is 2.27. The van der Waals surface area contributed by atoms with Crippen LogP contribution in [-0.2, 0) is 7.05 Å². The summed E-state index contributed by atoms with van der Waals surface area (Å²) >= 11 is 3.30. The summed E-state index contributed by atoms with van der Waals surface area (Å²) in [7, 11) is 1.93. The van der Waals surface area contributed by atoms with Crippen LogP contribution < -0.4 is 5.32 Å². The van der Waals surface area contributed by atoms with E-state index in [9.17, 15) is 4.79 Å². The molecule has 4 rings (SSSR count). The summed E-state index contributed by atoms with van der Waals surface area (Å²) < 4.78 is 2.51. The van der Waals surface area contributed by atoms with Gasteiger partial charge in [-0.1, -0.05) is 6.07 Å². The van der Waals surface area contributed by atoms with E-state index < -0.39 is 0 Å². The number of halogens is 1. The molecule has 1 aliphatic rings. The second kappa shape index (κ2) is 5.45. The van der Waals surface area contributed by atoms with Gasteiger partial charge in [0.05, 0.1) is 11.7 Å². The second-order valence-corrected chi connectivity index (χ2v) is 6.65. The van der Waals surface area contributed by atoms with Gasteiger partial charge >= 0.3 is 0 Å². The molecule has 1 N–H and O–H groups in total. The fourth-order valence-electron chi connectivity index (χ4n) is 2.78. The highest BCUT2D eigenvalue weighted by atomic mass is 79.9. The van der Waals surface area contributed by atoms with Crippen molar-refractivity contribution in [1.82, 2.24) is 14.8 Å². The van der Waals surface area contributed by atoms with Gasteiger partial charge in [0.15, 0.2) is 0 Å². The first-order valence-electron chi connectivity index (χ1n) is 7.51. The van der Waals surface area contributed by atoms with Gasteiger partial charge in [-0.25, -0.2) is 4.98 Å². The van der Waals surface area contributed by atoms with Crippen LogP contribution in [0.25, 0.3) is 10.9 Å². The van der Waals surface area contributed by atoms with Gasteiger partial charge in [-0.2, -0.15) is 5.10 Å². The Morgan fingerprint density at radius 1 is 1.35 bits per heavy atom. The summed E-state index contributed by atoms with van der Waals surface area (Å²) in [5, 5.41) is 8.33. The van der Waals surface area contributed by atoms with E-state index in [4.69, 9.17) is 0 Å². The Labute approximate surface area is 141 Å². The van der Waals surface area contributed by atoms with Crippen molar-refractivity contribution in [1.29, 1.82) is 0 Å².